The van der Waals surface area contributed by atoms with Gasteiger partial charge in [0.05, 0.1) is 11.0 Å². The largest absolute Gasteiger partial charge is 0.309 e. The fourth-order valence-electron chi connectivity index (χ4n) is 7.98. The summed E-state index contributed by atoms with van der Waals surface area (Å²) in [6.07, 6.45) is 0. The van der Waals surface area contributed by atoms with E-state index < -0.39 is 5.41 Å². The number of hydrogen-bond donors (Lipinski definition) is 0. The first kappa shape index (κ1) is 28.4. The zero-order valence-electron chi connectivity index (χ0n) is 27.1. The van der Waals surface area contributed by atoms with Gasteiger partial charge in [-0.2, -0.15) is 0 Å². The van der Waals surface area contributed by atoms with Gasteiger partial charge < -0.3 is 4.57 Å². The lowest BCUT2D eigenvalue weighted by Gasteiger charge is -2.32. The highest BCUT2D eigenvalue weighted by Crippen LogP contribution is 2.55. The van der Waals surface area contributed by atoms with Crippen LogP contribution in [-0.4, -0.2) is 19.5 Å². The molecule has 1 aliphatic rings. The quantitative estimate of drug-likeness (QED) is 0.188. The van der Waals surface area contributed by atoms with Crippen LogP contribution in [0.25, 0.3) is 61.4 Å². The van der Waals surface area contributed by atoms with Crippen molar-refractivity contribution in [1.29, 1.82) is 0 Å². The predicted octanol–water partition coefficient (Wildman–Crippen LogP) is 10.7. The van der Waals surface area contributed by atoms with Crippen LogP contribution in [0.4, 0.5) is 0 Å². The van der Waals surface area contributed by atoms with Crippen LogP contribution in [0, 0.1) is 0 Å². The number of nitrogens with zero attached hydrogens (tertiary/aromatic N) is 4. The summed E-state index contributed by atoms with van der Waals surface area (Å²) in [7, 11) is 0. The van der Waals surface area contributed by atoms with E-state index >= 15 is 0 Å². The predicted molar refractivity (Wildman–Crippen MR) is 202 cm³/mol. The van der Waals surface area contributed by atoms with Gasteiger partial charge in [-0.05, 0) is 52.1 Å². The summed E-state index contributed by atoms with van der Waals surface area (Å²) < 4.78 is 2.34. The molecule has 50 heavy (non-hydrogen) atoms. The minimum Gasteiger partial charge on any atom is -0.309 e. The average Bonchev–Trinajstić information content (AvgIpc) is 3.70. The Kier molecular flexibility index (Phi) is 6.36. The molecule has 9 aromatic rings. The third kappa shape index (κ3) is 4.15. The van der Waals surface area contributed by atoms with Crippen LogP contribution in [0.2, 0.25) is 0 Å². The maximum Gasteiger partial charge on any atom is 0.163 e. The lowest BCUT2D eigenvalue weighted by Crippen LogP contribution is -2.31. The van der Waals surface area contributed by atoms with E-state index in [1.807, 2.05) is 18.2 Å². The fraction of sp³-hybridized carbons (Fsp3) is 0.0217. The smallest absolute Gasteiger partial charge is 0.163 e. The summed E-state index contributed by atoms with van der Waals surface area (Å²) >= 11 is 0. The standard InChI is InChI=1S/C46H30N4/c1-3-16-31(17-4-1)43-47-44(32-18-15-21-34(30-32)50-41-28-13-9-24-37(41)38-25-10-14-29-42(38)50)49-45(48-43)46(33-19-5-2-6-20-33)39-26-11-7-22-35(39)36-23-8-12-27-40(36)46/h1-30H. The van der Waals surface area contributed by atoms with E-state index in [1.54, 1.807) is 0 Å². The Hall–Kier alpha value is -6.65. The Bertz CT molecular complexity index is 2610. The first-order chi connectivity index (χ1) is 24.8. The summed E-state index contributed by atoms with van der Waals surface area (Å²) in [5.41, 5.74) is 10.3. The van der Waals surface area contributed by atoms with Gasteiger partial charge in [-0.3, -0.25) is 0 Å². The van der Waals surface area contributed by atoms with Crippen molar-refractivity contribution in [2.75, 3.05) is 0 Å². The van der Waals surface area contributed by atoms with E-state index in [4.69, 9.17) is 15.0 Å². The third-order valence-electron chi connectivity index (χ3n) is 10.1. The molecule has 0 atom stereocenters. The van der Waals surface area contributed by atoms with Crippen molar-refractivity contribution in [3.63, 3.8) is 0 Å². The van der Waals surface area contributed by atoms with Crippen LogP contribution < -0.4 is 0 Å². The number of hydrogen-bond acceptors (Lipinski definition) is 3. The van der Waals surface area contributed by atoms with Crippen molar-refractivity contribution in [2.24, 2.45) is 0 Å². The normalized spacial score (nSPS) is 13.0. The van der Waals surface area contributed by atoms with E-state index in [2.05, 4.69) is 168 Å². The molecule has 0 fully saturated rings. The van der Waals surface area contributed by atoms with E-state index in [0.717, 1.165) is 33.4 Å². The highest BCUT2D eigenvalue weighted by atomic mass is 15.1. The molecule has 10 rings (SSSR count). The van der Waals surface area contributed by atoms with Crippen LogP contribution in [0.15, 0.2) is 182 Å². The van der Waals surface area contributed by atoms with Gasteiger partial charge in [0.15, 0.2) is 17.5 Å². The molecule has 0 N–H and O–H groups in total. The van der Waals surface area contributed by atoms with Crippen LogP contribution in [0.3, 0.4) is 0 Å². The number of benzene rings is 7. The van der Waals surface area contributed by atoms with E-state index in [0.29, 0.717) is 17.5 Å². The molecule has 4 heteroatoms. The molecule has 1 aliphatic carbocycles. The molecule has 0 saturated carbocycles. The average molecular weight is 639 g/mol. The van der Waals surface area contributed by atoms with Crippen molar-refractivity contribution in [3.8, 4) is 39.6 Å². The van der Waals surface area contributed by atoms with Crippen molar-refractivity contribution in [1.82, 2.24) is 19.5 Å². The van der Waals surface area contributed by atoms with Crippen molar-refractivity contribution in [2.45, 2.75) is 5.41 Å². The topological polar surface area (TPSA) is 43.6 Å². The molecule has 0 amide bonds. The molecule has 7 aromatic carbocycles. The Balaban J connectivity index is 1.26. The lowest BCUT2D eigenvalue weighted by molar-refractivity contribution is 0.692. The lowest BCUT2D eigenvalue weighted by atomic mass is 9.71. The van der Waals surface area contributed by atoms with Crippen molar-refractivity contribution < 1.29 is 0 Å². The molecule has 0 radical (unpaired) electrons. The number of aromatic nitrogens is 4. The summed E-state index contributed by atoms with van der Waals surface area (Å²) in [4.78, 5) is 16.1. The first-order valence-electron chi connectivity index (χ1n) is 17.0. The fourth-order valence-corrected chi connectivity index (χ4v) is 7.98. The zero-order valence-corrected chi connectivity index (χ0v) is 27.1. The molecular formula is C46H30N4. The van der Waals surface area contributed by atoms with Gasteiger partial charge in [0.1, 0.15) is 5.41 Å². The second kappa shape index (κ2) is 11.2. The molecule has 2 aromatic heterocycles. The number of rotatable bonds is 5. The summed E-state index contributed by atoms with van der Waals surface area (Å²) in [6, 6.07) is 64.1. The van der Waals surface area contributed by atoms with E-state index in [-0.39, 0.29) is 0 Å². The molecule has 4 nitrogen and oxygen atoms in total. The first-order valence-corrected chi connectivity index (χ1v) is 17.0. The molecule has 0 bridgehead atoms. The van der Waals surface area contributed by atoms with Gasteiger partial charge in [0.2, 0.25) is 0 Å². The number of para-hydroxylation sites is 2. The maximum absolute atomic E-state index is 5.47. The number of fused-ring (bicyclic) bond motifs is 6. The van der Waals surface area contributed by atoms with Crippen LogP contribution >= 0.6 is 0 Å². The molecular weight excluding hydrogens is 609 g/mol. The van der Waals surface area contributed by atoms with Gasteiger partial charge in [0, 0.05) is 27.6 Å². The van der Waals surface area contributed by atoms with Gasteiger partial charge >= 0.3 is 0 Å². The van der Waals surface area contributed by atoms with Crippen LogP contribution in [-0.2, 0) is 5.41 Å². The Morgan fingerprint density at radius 3 is 1.54 bits per heavy atom. The van der Waals surface area contributed by atoms with Crippen molar-refractivity contribution >= 4 is 21.8 Å². The molecule has 0 aliphatic heterocycles. The Labute approximate surface area is 290 Å². The van der Waals surface area contributed by atoms with E-state index in [9.17, 15) is 0 Å². The molecule has 0 saturated heterocycles. The SMILES string of the molecule is c1ccc(-c2nc(-c3cccc(-n4c5ccccc5c5ccccc54)c3)nc(C3(c4ccccc4)c4ccccc4-c4ccccc43)n2)cc1. The van der Waals surface area contributed by atoms with Gasteiger partial charge in [-0.15, -0.1) is 0 Å². The maximum atomic E-state index is 5.47. The van der Waals surface area contributed by atoms with Crippen LogP contribution in [0.5, 0.6) is 0 Å². The Morgan fingerprint density at radius 1 is 0.400 bits per heavy atom. The van der Waals surface area contributed by atoms with Crippen LogP contribution in [0.1, 0.15) is 22.5 Å². The second-order valence-electron chi connectivity index (χ2n) is 12.8. The summed E-state index contributed by atoms with van der Waals surface area (Å²) in [6.45, 7) is 0. The zero-order chi connectivity index (χ0) is 33.1. The second-order valence-corrected chi connectivity index (χ2v) is 12.8. The highest BCUT2D eigenvalue weighted by molar-refractivity contribution is 6.09. The molecule has 234 valence electrons. The van der Waals surface area contributed by atoms with Crippen molar-refractivity contribution in [3.05, 3.63) is 205 Å². The Morgan fingerprint density at radius 2 is 0.900 bits per heavy atom. The molecule has 0 spiro atoms. The minimum absolute atomic E-state index is 0.633. The molecule has 0 unspecified atom stereocenters. The van der Waals surface area contributed by atoms with Gasteiger partial charge in [-0.25, -0.2) is 15.0 Å². The van der Waals surface area contributed by atoms with Gasteiger partial charge in [-0.1, -0.05) is 158 Å². The van der Waals surface area contributed by atoms with Gasteiger partial charge in [0.25, 0.3) is 0 Å². The summed E-state index contributed by atoms with van der Waals surface area (Å²) in [5, 5.41) is 2.45. The monoisotopic (exact) mass is 638 g/mol. The minimum atomic E-state index is -0.750. The van der Waals surface area contributed by atoms with E-state index in [1.165, 1.54) is 33.0 Å². The molecule has 2 heterocycles. The highest BCUT2D eigenvalue weighted by Gasteiger charge is 2.48. The third-order valence-corrected chi connectivity index (χ3v) is 10.1. The summed E-state index contributed by atoms with van der Waals surface area (Å²) in [5.74, 6) is 1.98.